The van der Waals surface area contributed by atoms with E-state index in [1.54, 1.807) is 12.1 Å². The van der Waals surface area contributed by atoms with E-state index in [0.717, 1.165) is 19.5 Å². The molecule has 1 aromatic rings. The summed E-state index contributed by atoms with van der Waals surface area (Å²) in [6, 6.07) is 3.76. The van der Waals surface area contributed by atoms with Crippen molar-refractivity contribution in [1.82, 2.24) is 10.2 Å². The van der Waals surface area contributed by atoms with Crippen molar-refractivity contribution in [3.05, 3.63) is 24.2 Å². The highest BCUT2D eigenvalue weighted by Gasteiger charge is 2.28. The average Bonchev–Trinajstić information content (AvgIpc) is 3.11. The number of nitrogens with one attached hydrogen (secondary N) is 2. The first-order chi connectivity index (χ1) is 11.6. The highest BCUT2D eigenvalue weighted by atomic mass is 16.3. The monoisotopic (exact) mass is 334 g/mol. The molecule has 0 unspecified atom stereocenters. The topological polar surface area (TPSA) is 67.0 Å². The van der Waals surface area contributed by atoms with E-state index in [9.17, 15) is 9.59 Å². The molecule has 0 bridgehead atoms. The SMILES string of the molecule is C[C@H]1CCCC[C@@H]1NC(=O)C[NH+]1CCN(C(=O)c2ccco2)CC1. The van der Waals surface area contributed by atoms with Crippen molar-refractivity contribution in [2.45, 2.75) is 38.6 Å². The van der Waals surface area contributed by atoms with Crippen LogP contribution >= 0.6 is 0 Å². The van der Waals surface area contributed by atoms with E-state index in [-0.39, 0.29) is 11.8 Å². The van der Waals surface area contributed by atoms with Gasteiger partial charge in [-0.2, -0.15) is 0 Å². The summed E-state index contributed by atoms with van der Waals surface area (Å²) in [4.78, 5) is 27.6. The van der Waals surface area contributed by atoms with Gasteiger partial charge in [-0.15, -0.1) is 0 Å². The molecule has 2 fully saturated rings. The molecule has 3 rings (SSSR count). The lowest BCUT2D eigenvalue weighted by molar-refractivity contribution is -0.896. The van der Waals surface area contributed by atoms with Crippen LogP contribution in [0.1, 0.15) is 43.2 Å². The number of piperazine rings is 1. The maximum atomic E-state index is 12.3. The van der Waals surface area contributed by atoms with Crippen LogP contribution in [0.4, 0.5) is 0 Å². The largest absolute Gasteiger partial charge is 0.459 e. The first-order valence-corrected chi connectivity index (χ1v) is 9.09. The summed E-state index contributed by atoms with van der Waals surface area (Å²) in [6.45, 7) is 5.69. The fourth-order valence-corrected chi connectivity index (χ4v) is 3.77. The Labute approximate surface area is 143 Å². The van der Waals surface area contributed by atoms with E-state index < -0.39 is 0 Å². The lowest BCUT2D eigenvalue weighted by atomic mass is 9.86. The Morgan fingerprint density at radius 3 is 2.71 bits per heavy atom. The Morgan fingerprint density at radius 1 is 1.29 bits per heavy atom. The second-order valence-electron chi connectivity index (χ2n) is 7.13. The highest BCUT2D eigenvalue weighted by molar-refractivity contribution is 5.91. The van der Waals surface area contributed by atoms with Crippen molar-refractivity contribution in [2.75, 3.05) is 32.7 Å². The van der Waals surface area contributed by atoms with Gasteiger partial charge in [0.2, 0.25) is 0 Å². The minimum atomic E-state index is -0.0560. The third-order valence-electron chi connectivity index (χ3n) is 5.36. The van der Waals surface area contributed by atoms with Crippen LogP contribution in [-0.2, 0) is 4.79 Å². The number of quaternary nitrogens is 1. The van der Waals surface area contributed by atoms with Crippen LogP contribution < -0.4 is 10.2 Å². The molecule has 2 aliphatic rings. The Morgan fingerprint density at radius 2 is 2.04 bits per heavy atom. The number of hydrogen-bond donors (Lipinski definition) is 2. The Kier molecular flexibility index (Phi) is 5.56. The van der Waals surface area contributed by atoms with Crippen molar-refractivity contribution in [3.8, 4) is 0 Å². The number of rotatable bonds is 4. The predicted molar refractivity (Wildman–Crippen MR) is 89.7 cm³/mol. The van der Waals surface area contributed by atoms with Gasteiger partial charge < -0.3 is 19.5 Å². The van der Waals surface area contributed by atoms with E-state index in [1.807, 2.05) is 4.90 Å². The Hall–Kier alpha value is -1.82. The van der Waals surface area contributed by atoms with Crippen LogP contribution in [-0.4, -0.2) is 55.5 Å². The molecule has 0 spiro atoms. The van der Waals surface area contributed by atoms with Gasteiger partial charge >= 0.3 is 0 Å². The zero-order chi connectivity index (χ0) is 16.9. The van der Waals surface area contributed by atoms with Crippen LogP contribution in [0.15, 0.2) is 22.8 Å². The molecule has 132 valence electrons. The van der Waals surface area contributed by atoms with Crippen LogP contribution in [0.3, 0.4) is 0 Å². The number of furan rings is 1. The van der Waals surface area contributed by atoms with Gasteiger partial charge in [0, 0.05) is 6.04 Å². The number of carbonyl (C=O) groups excluding carboxylic acids is 2. The number of amides is 2. The van der Waals surface area contributed by atoms with Gasteiger partial charge in [0.05, 0.1) is 32.4 Å². The van der Waals surface area contributed by atoms with E-state index in [4.69, 9.17) is 4.42 Å². The number of nitrogens with zero attached hydrogens (tertiary/aromatic N) is 1. The van der Waals surface area contributed by atoms with Crippen molar-refractivity contribution in [3.63, 3.8) is 0 Å². The van der Waals surface area contributed by atoms with Gasteiger partial charge in [0.15, 0.2) is 12.3 Å². The third kappa shape index (κ3) is 4.17. The zero-order valence-corrected chi connectivity index (χ0v) is 14.4. The van der Waals surface area contributed by atoms with Gasteiger partial charge in [-0.3, -0.25) is 9.59 Å². The maximum Gasteiger partial charge on any atom is 0.289 e. The van der Waals surface area contributed by atoms with Crippen molar-refractivity contribution in [2.24, 2.45) is 5.92 Å². The number of hydrogen-bond acceptors (Lipinski definition) is 3. The molecular weight excluding hydrogens is 306 g/mol. The van der Waals surface area contributed by atoms with Gasteiger partial charge in [0.1, 0.15) is 0 Å². The average molecular weight is 334 g/mol. The molecule has 2 N–H and O–H groups in total. The molecule has 1 aliphatic heterocycles. The molecule has 1 aliphatic carbocycles. The van der Waals surface area contributed by atoms with Crippen LogP contribution in [0.25, 0.3) is 0 Å². The van der Waals surface area contributed by atoms with Gasteiger partial charge in [-0.05, 0) is 30.9 Å². The lowest BCUT2D eigenvalue weighted by Gasteiger charge is -2.33. The molecule has 1 saturated carbocycles. The fourth-order valence-electron chi connectivity index (χ4n) is 3.77. The van der Waals surface area contributed by atoms with Crippen molar-refractivity contribution in [1.29, 1.82) is 0 Å². The summed E-state index contributed by atoms with van der Waals surface area (Å²) in [7, 11) is 0. The van der Waals surface area contributed by atoms with Gasteiger partial charge in [-0.25, -0.2) is 0 Å². The smallest absolute Gasteiger partial charge is 0.289 e. The molecule has 1 saturated heterocycles. The molecule has 2 heterocycles. The molecule has 0 aromatic carbocycles. The highest BCUT2D eigenvalue weighted by Crippen LogP contribution is 2.23. The summed E-state index contributed by atoms with van der Waals surface area (Å²) >= 11 is 0. The standard InChI is InChI=1S/C18H27N3O3/c1-14-5-2-3-6-15(14)19-17(22)13-20-8-10-21(11-9-20)18(23)16-7-4-12-24-16/h4,7,12,14-15H,2-3,5-6,8-11,13H2,1H3,(H,19,22)/p+1/t14-,15-/m0/s1. The predicted octanol–water partition coefficient (Wildman–Crippen LogP) is 0.315. The van der Waals surface area contributed by atoms with Crippen LogP contribution in [0, 0.1) is 5.92 Å². The first-order valence-electron chi connectivity index (χ1n) is 9.09. The lowest BCUT2D eigenvalue weighted by Crippen LogP contribution is -3.16. The van der Waals surface area contributed by atoms with Gasteiger partial charge in [-0.1, -0.05) is 19.8 Å². The quantitative estimate of drug-likeness (QED) is 0.833. The minimum Gasteiger partial charge on any atom is -0.459 e. The second kappa shape index (κ2) is 7.83. The third-order valence-corrected chi connectivity index (χ3v) is 5.36. The van der Waals surface area contributed by atoms with Crippen molar-refractivity contribution < 1.29 is 18.9 Å². The molecule has 2 amide bonds. The minimum absolute atomic E-state index is 0.0560. The first kappa shape index (κ1) is 17.0. The van der Waals surface area contributed by atoms with E-state index >= 15 is 0 Å². The molecule has 6 heteroatoms. The van der Waals surface area contributed by atoms with Crippen LogP contribution in [0.2, 0.25) is 0 Å². The summed E-state index contributed by atoms with van der Waals surface area (Å²) in [5.74, 6) is 1.07. The second-order valence-corrected chi connectivity index (χ2v) is 7.13. The van der Waals surface area contributed by atoms with E-state index in [2.05, 4.69) is 12.2 Å². The number of carbonyl (C=O) groups is 2. The van der Waals surface area contributed by atoms with Gasteiger partial charge in [0.25, 0.3) is 11.8 Å². The summed E-state index contributed by atoms with van der Waals surface area (Å²) in [6.07, 6.45) is 6.34. The summed E-state index contributed by atoms with van der Waals surface area (Å²) in [5, 5.41) is 3.22. The molecule has 1 aromatic heterocycles. The summed E-state index contributed by atoms with van der Waals surface area (Å²) in [5.41, 5.74) is 0. The Balaban J connectivity index is 1.42. The molecule has 2 atom stereocenters. The fraction of sp³-hybridized carbons (Fsp3) is 0.667. The molecule has 24 heavy (non-hydrogen) atoms. The Bertz CT molecular complexity index is 550. The zero-order valence-electron chi connectivity index (χ0n) is 14.4. The summed E-state index contributed by atoms with van der Waals surface area (Å²) < 4.78 is 5.17. The maximum absolute atomic E-state index is 12.3. The molecule has 6 nitrogen and oxygen atoms in total. The normalized spacial score (nSPS) is 25.5. The van der Waals surface area contributed by atoms with Crippen LogP contribution in [0.5, 0.6) is 0 Å². The molecular formula is C18H28N3O3+. The molecule has 0 radical (unpaired) electrons. The van der Waals surface area contributed by atoms with Crippen molar-refractivity contribution >= 4 is 11.8 Å². The van der Waals surface area contributed by atoms with E-state index in [1.165, 1.54) is 30.4 Å². The van der Waals surface area contributed by atoms with E-state index in [0.29, 0.717) is 37.4 Å².